The Morgan fingerprint density at radius 1 is 1.10 bits per heavy atom. The predicted octanol–water partition coefficient (Wildman–Crippen LogP) is 3.72. The van der Waals surface area contributed by atoms with E-state index in [1.54, 1.807) is 0 Å². The summed E-state index contributed by atoms with van der Waals surface area (Å²) < 4.78 is 0. The Labute approximate surface area is 65.0 Å². The Kier molecular flexibility index (Phi) is 9.82. The largest absolute Gasteiger partial charge is 0.0877 e. The van der Waals surface area contributed by atoms with Crippen LogP contribution in [0.25, 0.3) is 0 Å². The molecule has 58 valence electrons. The maximum Gasteiger partial charge on any atom is -0.0401 e. The second kappa shape index (κ2) is 8.22. The van der Waals surface area contributed by atoms with Crippen molar-refractivity contribution in [2.75, 3.05) is 0 Å². The van der Waals surface area contributed by atoms with Gasteiger partial charge in [-0.05, 0) is 20.8 Å². The Bertz CT molecular complexity index is 136. The van der Waals surface area contributed by atoms with Gasteiger partial charge in [-0.1, -0.05) is 43.4 Å². The van der Waals surface area contributed by atoms with Gasteiger partial charge in [0, 0.05) is 0 Å². The fourth-order valence-corrected chi connectivity index (χ4v) is 0.415. The highest BCUT2D eigenvalue weighted by Gasteiger charge is 1.71. The molecule has 0 aromatic carbocycles. The molecule has 0 heterocycles. The summed E-state index contributed by atoms with van der Waals surface area (Å²) in [6.45, 7) is 6.13. The molecule has 0 N–H and O–H groups in total. The lowest BCUT2D eigenvalue weighted by Crippen LogP contribution is -1.61. The lowest BCUT2D eigenvalue weighted by atomic mass is 10.2. The minimum Gasteiger partial charge on any atom is -0.0877 e. The zero-order chi connectivity index (χ0) is 7.11. The molecule has 0 spiro atoms. The first-order chi connectivity index (χ1) is 4.31. The van der Waals surface area contributed by atoms with Crippen molar-refractivity contribution in [1.82, 2.24) is 0 Å². The first kappa shape index (κ1) is 12.0. The molecule has 10 heavy (non-hydrogen) atoms. The Balaban J connectivity index is 0. The van der Waals surface area contributed by atoms with Crippen molar-refractivity contribution in [3.8, 4) is 0 Å². The first-order valence-corrected chi connectivity index (χ1v) is 3.23. The molecule has 0 bridgehead atoms. The molecule has 0 radical (unpaired) electrons. The maximum absolute atomic E-state index is 2.08. The number of hydrogen-bond acceptors (Lipinski definition) is 0. The average Bonchev–Trinajstić information content (AvgIpc) is 1.89. The van der Waals surface area contributed by atoms with Crippen LogP contribution in [-0.4, -0.2) is 0 Å². The van der Waals surface area contributed by atoms with Crippen LogP contribution >= 0.6 is 0 Å². The smallest absolute Gasteiger partial charge is 0.0401 e. The van der Waals surface area contributed by atoms with E-state index in [-0.39, 0.29) is 7.43 Å². The van der Waals surface area contributed by atoms with Crippen molar-refractivity contribution < 1.29 is 0 Å². The molecular weight excluding hydrogens is 120 g/mol. The number of rotatable bonds is 2. The van der Waals surface area contributed by atoms with Crippen molar-refractivity contribution in [2.24, 2.45) is 0 Å². The predicted molar refractivity (Wildman–Crippen MR) is 50.1 cm³/mol. The van der Waals surface area contributed by atoms with E-state index in [0.29, 0.717) is 0 Å². The van der Waals surface area contributed by atoms with Crippen LogP contribution in [0.15, 0.2) is 36.0 Å². The van der Waals surface area contributed by atoms with Crippen molar-refractivity contribution >= 4 is 0 Å². The molecule has 0 atom stereocenters. The molecule has 0 aliphatic carbocycles. The fourth-order valence-electron chi connectivity index (χ4n) is 0.415. The maximum atomic E-state index is 2.08. The third kappa shape index (κ3) is 7.22. The zero-order valence-corrected chi connectivity index (χ0v) is 6.39. The van der Waals surface area contributed by atoms with E-state index in [1.807, 2.05) is 32.1 Å². The van der Waals surface area contributed by atoms with Crippen LogP contribution in [0, 0.1) is 0 Å². The van der Waals surface area contributed by atoms with Crippen LogP contribution < -0.4 is 0 Å². The van der Waals surface area contributed by atoms with Gasteiger partial charge in [-0.2, -0.15) is 0 Å². The molecule has 0 heteroatoms. The molecule has 0 aliphatic heterocycles. The Hall–Kier alpha value is -0.780. The van der Waals surface area contributed by atoms with Gasteiger partial charge in [0.2, 0.25) is 0 Å². The summed E-state index contributed by atoms with van der Waals surface area (Å²) in [7, 11) is 0. The van der Waals surface area contributed by atoms with Gasteiger partial charge in [-0.15, -0.1) is 0 Å². The second-order valence-electron chi connectivity index (χ2n) is 1.92. The summed E-state index contributed by atoms with van der Waals surface area (Å²) in [5.74, 6) is 0. The fraction of sp³-hybridized carbons (Fsp3) is 0.400. The molecule has 0 unspecified atom stereocenters. The van der Waals surface area contributed by atoms with Crippen LogP contribution in [-0.2, 0) is 0 Å². The van der Waals surface area contributed by atoms with E-state index < -0.39 is 0 Å². The van der Waals surface area contributed by atoms with Gasteiger partial charge >= 0.3 is 0 Å². The lowest BCUT2D eigenvalue weighted by molar-refractivity contribution is 1.48. The Morgan fingerprint density at radius 3 is 2.10 bits per heavy atom. The van der Waals surface area contributed by atoms with Gasteiger partial charge in [-0.3, -0.25) is 0 Å². The van der Waals surface area contributed by atoms with Crippen LogP contribution in [0.1, 0.15) is 28.2 Å². The number of hydrogen-bond donors (Lipinski definition) is 0. The molecular formula is C10H18. The SMILES string of the molecule is C.C\C=C/C=C\C(C)=C/C. The lowest BCUT2D eigenvalue weighted by Gasteiger charge is -1.82. The van der Waals surface area contributed by atoms with E-state index in [9.17, 15) is 0 Å². The minimum absolute atomic E-state index is 0. The van der Waals surface area contributed by atoms with E-state index in [4.69, 9.17) is 0 Å². The molecule has 0 amide bonds. The van der Waals surface area contributed by atoms with E-state index in [2.05, 4.69) is 19.1 Å². The number of allylic oxidation sites excluding steroid dienone is 6. The van der Waals surface area contributed by atoms with Gasteiger partial charge < -0.3 is 0 Å². The highest BCUT2D eigenvalue weighted by atomic mass is 13.8. The molecule has 0 nitrogen and oxygen atoms in total. The highest BCUT2D eigenvalue weighted by Crippen LogP contribution is 1.92. The first-order valence-electron chi connectivity index (χ1n) is 3.23. The van der Waals surface area contributed by atoms with Crippen molar-refractivity contribution in [3.05, 3.63) is 36.0 Å². The summed E-state index contributed by atoms with van der Waals surface area (Å²) in [5.41, 5.74) is 1.30. The third-order valence-electron chi connectivity index (χ3n) is 1.12. The average molecular weight is 138 g/mol. The summed E-state index contributed by atoms with van der Waals surface area (Å²) in [6, 6.07) is 0. The van der Waals surface area contributed by atoms with Crippen LogP contribution in [0.4, 0.5) is 0 Å². The van der Waals surface area contributed by atoms with Gasteiger partial charge in [0.05, 0.1) is 0 Å². The second-order valence-corrected chi connectivity index (χ2v) is 1.92. The highest BCUT2D eigenvalue weighted by molar-refractivity contribution is 5.18. The normalized spacial score (nSPS) is 12.5. The van der Waals surface area contributed by atoms with Crippen LogP contribution in [0.3, 0.4) is 0 Å². The molecule has 0 aromatic heterocycles. The summed E-state index contributed by atoms with van der Waals surface area (Å²) in [4.78, 5) is 0. The van der Waals surface area contributed by atoms with E-state index >= 15 is 0 Å². The van der Waals surface area contributed by atoms with E-state index in [1.165, 1.54) is 5.57 Å². The van der Waals surface area contributed by atoms with Gasteiger partial charge in [0.25, 0.3) is 0 Å². The van der Waals surface area contributed by atoms with Crippen molar-refractivity contribution in [1.29, 1.82) is 0 Å². The topological polar surface area (TPSA) is 0 Å². The minimum atomic E-state index is 0. The standard InChI is InChI=1S/C9H14.CH4/c1-4-6-7-8-9(3)5-2;/h4-8H,1-3H3;1H4/b6-4-,8-7-,9-5-;. The van der Waals surface area contributed by atoms with Gasteiger partial charge in [-0.25, -0.2) is 0 Å². The summed E-state index contributed by atoms with van der Waals surface area (Å²) >= 11 is 0. The Morgan fingerprint density at radius 2 is 1.70 bits per heavy atom. The molecule has 0 rings (SSSR count). The quantitative estimate of drug-likeness (QED) is 0.510. The van der Waals surface area contributed by atoms with Gasteiger partial charge in [0.15, 0.2) is 0 Å². The molecule has 0 saturated carbocycles. The molecule has 0 fully saturated rings. The van der Waals surface area contributed by atoms with Crippen molar-refractivity contribution in [2.45, 2.75) is 28.2 Å². The molecule has 0 aromatic rings. The summed E-state index contributed by atoms with van der Waals surface area (Å²) in [6.07, 6.45) is 10.2. The van der Waals surface area contributed by atoms with Crippen LogP contribution in [0.2, 0.25) is 0 Å². The third-order valence-corrected chi connectivity index (χ3v) is 1.12. The van der Waals surface area contributed by atoms with E-state index in [0.717, 1.165) is 0 Å². The summed E-state index contributed by atoms with van der Waals surface area (Å²) in [5, 5.41) is 0. The van der Waals surface area contributed by atoms with Gasteiger partial charge in [0.1, 0.15) is 0 Å². The van der Waals surface area contributed by atoms with Crippen LogP contribution in [0.5, 0.6) is 0 Å². The monoisotopic (exact) mass is 138 g/mol. The zero-order valence-electron chi connectivity index (χ0n) is 6.39. The van der Waals surface area contributed by atoms with Crippen molar-refractivity contribution in [3.63, 3.8) is 0 Å². The molecule has 0 aliphatic rings. The molecule has 0 saturated heterocycles.